The number of aliphatic hydroxyl groups excluding tert-OH is 1. The number of rotatable bonds is 9. The lowest BCUT2D eigenvalue weighted by atomic mass is 10.1. The van der Waals surface area contributed by atoms with Crippen molar-refractivity contribution in [2.75, 3.05) is 31.6 Å². The molecule has 0 spiro atoms. The van der Waals surface area contributed by atoms with Gasteiger partial charge in [0, 0.05) is 36.2 Å². The second-order valence-corrected chi connectivity index (χ2v) is 6.90. The molecule has 0 fully saturated rings. The molecule has 3 N–H and O–H groups in total. The summed E-state index contributed by atoms with van der Waals surface area (Å²) < 4.78 is 0.937. The molecule has 0 unspecified atom stereocenters. The monoisotopic (exact) mass is 433 g/mol. The third kappa shape index (κ3) is 7.80. The van der Waals surface area contributed by atoms with Gasteiger partial charge in [0.05, 0.1) is 6.61 Å². The van der Waals surface area contributed by atoms with E-state index in [0.717, 1.165) is 10.0 Å². The number of nitrogens with one attached hydrogen (secondary N) is 2. The van der Waals surface area contributed by atoms with Gasteiger partial charge < -0.3 is 20.6 Å². The van der Waals surface area contributed by atoms with Gasteiger partial charge >= 0.3 is 6.03 Å². The summed E-state index contributed by atoms with van der Waals surface area (Å²) in [6.07, 6.45) is 0.881. The summed E-state index contributed by atoms with van der Waals surface area (Å²) in [7, 11) is 0. The SMILES string of the molecule is O=C(CCNC(=O)N(CCO)CCc1ccccc1)Nc1ccc(Br)cc1. The quantitative estimate of drug-likeness (QED) is 0.568. The van der Waals surface area contributed by atoms with E-state index in [1.165, 1.54) is 0 Å². The first kappa shape index (κ1) is 20.9. The Morgan fingerprint density at radius 3 is 2.37 bits per heavy atom. The van der Waals surface area contributed by atoms with Crippen molar-refractivity contribution in [1.82, 2.24) is 10.2 Å². The second-order valence-electron chi connectivity index (χ2n) is 5.98. The van der Waals surface area contributed by atoms with E-state index < -0.39 is 0 Å². The van der Waals surface area contributed by atoms with E-state index in [-0.39, 0.29) is 38.1 Å². The van der Waals surface area contributed by atoms with Crippen LogP contribution in [0.1, 0.15) is 12.0 Å². The molecule has 7 heteroatoms. The van der Waals surface area contributed by atoms with E-state index in [4.69, 9.17) is 0 Å². The van der Waals surface area contributed by atoms with Crippen molar-refractivity contribution >= 4 is 33.6 Å². The van der Waals surface area contributed by atoms with Crippen LogP contribution in [-0.2, 0) is 11.2 Å². The molecule has 0 saturated carbocycles. The zero-order valence-electron chi connectivity index (χ0n) is 15.0. The lowest BCUT2D eigenvalue weighted by Crippen LogP contribution is -2.43. The Balaban J connectivity index is 1.74. The first-order chi connectivity index (χ1) is 13.1. The molecule has 0 radical (unpaired) electrons. The van der Waals surface area contributed by atoms with Crippen LogP contribution in [0.15, 0.2) is 59.1 Å². The van der Waals surface area contributed by atoms with Crippen molar-refractivity contribution in [2.24, 2.45) is 0 Å². The molecule has 0 bridgehead atoms. The Labute approximate surface area is 167 Å². The zero-order chi connectivity index (χ0) is 19.5. The van der Waals surface area contributed by atoms with Crippen molar-refractivity contribution in [3.8, 4) is 0 Å². The van der Waals surface area contributed by atoms with E-state index in [1.807, 2.05) is 42.5 Å². The molecular formula is C20H24BrN3O3. The molecule has 2 aromatic carbocycles. The maximum atomic E-state index is 12.3. The summed E-state index contributed by atoms with van der Waals surface area (Å²) in [6.45, 7) is 0.881. The Morgan fingerprint density at radius 1 is 1.00 bits per heavy atom. The van der Waals surface area contributed by atoms with Crippen LogP contribution in [0.4, 0.5) is 10.5 Å². The number of amides is 3. The molecule has 0 aliphatic rings. The topological polar surface area (TPSA) is 81.7 Å². The molecule has 0 atom stereocenters. The molecule has 144 valence electrons. The summed E-state index contributed by atoms with van der Waals surface area (Å²) in [4.78, 5) is 25.8. The van der Waals surface area contributed by atoms with Gasteiger partial charge in [-0.25, -0.2) is 4.79 Å². The van der Waals surface area contributed by atoms with Crippen molar-refractivity contribution in [3.05, 3.63) is 64.6 Å². The molecule has 0 heterocycles. The van der Waals surface area contributed by atoms with E-state index in [2.05, 4.69) is 26.6 Å². The van der Waals surface area contributed by atoms with E-state index >= 15 is 0 Å². The van der Waals surface area contributed by atoms with Gasteiger partial charge in [0.1, 0.15) is 0 Å². The molecular weight excluding hydrogens is 410 g/mol. The van der Waals surface area contributed by atoms with Gasteiger partial charge in [-0.15, -0.1) is 0 Å². The van der Waals surface area contributed by atoms with Gasteiger partial charge in [-0.1, -0.05) is 46.3 Å². The van der Waals surface area contributed by atoms with Crippen LogP contribution in [0.2, 0.25) is 0 Å². The highest BCUT2D eigenvalue weighted by Gasteiger charge is 2.13. The number of benzene rings is 2. The van der Waals surface area contributed by atoms with Gasteiger partial charge in [0.2, 0.25) is 5.91 Å². The number of carbonyl (C=O) groups excluding carboxylic acids is 2. The number of hydrogen-bond acceptors (Lipinski definition) is 3. The van der Waals surface area contributed by atoms with Crippen LogP contribution in [0.25, 0.3) is 0 Å². The fourth-order valence-corrected chi connectivity index (χ4v) is 2.76. The van der Waals surface area contributed by atoms with Crippen LogP contribution < -0.4 is 10.6 Å². The molecule has 2 aromatic rings. The number of carbonyl (C=O) groups is 2. The normalized spacial score (nSPS) is 10.3. The van der Waals surface area contributed by atoms with E-state index in [1.54, 1.807) is 17.0 Å². The average molecular weight is 434 g/mol. The van der Waals surface area contributed by atoms with Crippen LogP contribution in [0.3, 0.4) is 0 Å². The van der Waals surface area contributed by atoms with Gasteiger partial charge in [-0.2, -0.15) is 0 Å². The minimum Gasteiger partial charge on any atom is -0.395 e. The van der Waals surface area contributed by atoms with Crippen LogP contribution in [-0.4, -0.2) is 48.2 Å². The third-order valence-electron chi connectivity index (χ3n) is 3.93. The van der Waals surface area contributed by atoms with Crippen molar-refractivity contribution in [3.63, 3.8) is 0 Å². The van der Waals surface area contributed by atoms with Crippen molar-refractivity contribution in [1.29, 1.82) is 0 Å². The number of halogens is 1. The second kappa shape index (κ2) is 11.4. The maximum absolute atomic E-state index is 12.3. The first-order valence-corrected chi connectivity index (χ1v) is 9.61. The highest BCUT2D eigenvalue weighted by molar-refractivity contribution is 9.10. The van der Waals surface area contributed by atoms with E-state index in [0.29, 0.717) is 18.7 Å². The van der Waals surface area contributed by atoms with Crippen molar-refractivity contribution < 1.29 is 14.7 Å². The summed E-state index contributed by atoms with van der Waals surface area (Å²) >= 11 is 3.34. The molecule has 0 aliphatic carbocycles. The minimum absolute atomic E-state index is 0.105. The smallest absolute Gasteiger partial charge is 0.317 e. The average Bonchev–Trinajstić information content (AvgIpc) is 2.67. The van der Waals surface area contributed by atoms with Gasteiger partial charge in [0.25, 0.3) is 0 Å². The Kier molecular flexibility index (Phi) is 8.80. The third-order valence-corrected chi connectivity index (χ3v) is 4.46. The van der Waals surface area contributed by atoms with E-state index in [9.17, 15) is 14.7 Å². The van der Waals surface area contributed by atoms with Gasteiger partial charge in [-0.3, -0.25) is 4.79 Å². The zero-order valence-corrected chi connectivity index (χ0v) is 16.6. The van der Waals surface area contributed by atoms with Gasteiger partial charge in [-0.05, 0) is 36.2 Å². The number of nitrogens with zero attached hydrogens (tertiary/aromatic N) is 1. The number of anilines is 1. The first-order valence-electron chi connectivity index (χ1n) is 8.81. The van der Waals surface area contributed by atoms with Crippen LogP contribution in [0.5, 0.6) is 0 Å². The molecule has 27 heavy (non-hydrogen) atoms. The van der Waals surface area contributed by atoms with Crippen molar-refractivity contribution in [2.45, 2.75) is 12.8 Å². The van der Waals surface area contributed by atoms with Crippen LogP contribution >= 0.6 is 15.9 Å². The minimum atomic E-state index is -0.281. The summed E-state index contributed by atoms with van der Waals surface area (Å²) in [5, 5.41) is 14.7. The molecule has 0 aromatic heterocycles. The number of urea groups is 1. The van der Waals surface area contributed by atoms with Crippen LogP contribution in [0, 0.1) is 0 Å². The highest BCUT2D eigenvalue weighted by atomic mass is 79.9. The Bertz CT molecular complexity index is 723. The lowest BCUT2D eigenvalue weighted by molar-refractivity contribution is -0.116. The maximum Gasteiger partial charge on any atom is 0.317 e. The highest BCUT2D eigenvalue weighted by Crippen LogP contribution is 2.14. The summed E-state index contributed by atoms with van der Waals surface area (Å²) in [5.41, 5.74) is 1.83. The predicted molar refractivity (Wildman–Crippen MR) is 110 cm³/mol. The fourth-order valence-electron chi connectivity index (χ4n) is 2.50. The standard InChI is InChI=1S/C20H24BrN3O3/c21-17-6-8-18(9-7-17)23-19(26)10-12-22-20(27)24(14-15-25)13-11-16-4-2-1-3-5-16/h1-9,25H,10-15H2,(H,22,27)(H,23,26). The predicted octanol–water partition coefficient (Wildman–Crippen LogP) is 3.02. The van der Waals surface area contributed by atoms with Gasteiger partial charge in [0.15, 0.2) is 0 Å². The Hall–Kier alpha value is -2.38. The fraction of sp³-hybridized carbons (Fsp3) is 0.300. The summed E-state index contributed by atoms with van der Waals surface area (Å²) in [5.74, 6) is -0.171. The molecule has 0 aliphatic heterocycles. The Morgan fingerprint density at radius 2 is 1.70 bits per heavy atom. The molecule has 6 nitrogen and oxygen atoms in total. The summed E-state index contributed by atoms with van der Waals surface area (Å²) in [6, 6.07) is 16.9. The molecule has 2 rings (SSSR count). The molecule has 3 amide bonds. The lowest BCUT2D eigenvalue weighted by Gasteiger charge is -2.22. The largest absolute Gasteiger partial charge is 0.395 e. The number of aliphatic hydroxyl groups is 1. The molecule has 0 saturated heterocycles. The number of hydrogen-bond donors (Lipinski definition) is 3.